The first-order chi connectivity index (χ1) is 6.90. The molecule has 0 N–H and O–H groups in total. The molecule has 4 nitrogen and oxygen atoms in total. The van der Waals surface area contributed by atoms with Crippen LogP contribution in [0.5, 0.6) is 0 Å². The number of rotatable bonds is 2. The van der Waals surface area contributed by atoms with E-state index in [1.807, 2.05) is 16.5 Å². The molecular formula is C10H9N3O. The molecule has 0 spiro atoms. The average Bonchev–Trinajstić information content (AvgIpc) is 2.97. The summed E-state index contributed by atoms with van der Waals surface area (Å²) in [5.41, 5.74) is 1.39. The van der Waals surface area contributed by atoms with Gasteiger partial charge < -0.3 is 0 Å². The number of hydrogen-bond acceptors (Lipinski definition) is 3. The second-order valence-corrected chi connectivity index (χ2v) is 3.59. The van der Waals surface area contributed by atoms with E-state index < -0.39 is 0 Å². The molecule has 14 heavy (non-hydrogen) atoms. The smallest absolute Gasteiger partial charge is 0.166 e. The van der Waals surface area contributed by atoms with Crippen LogP contribution in [0.3, 0.4) is 0 Å². The van der Waals surface area contributed by atoms with E-state index in [2.05, 4.69) is 10.2 Å². The fraction of sp³-hybridized carbons (Fsp3) is 0.300. The Kier molecular flexibility index (Phi) is 1.45. The van der Waals surface area contributed by atoms with Crippen LogP contribution >= 0.6 is 0 Å². The van der Waals surface area contributed by atoms with Crippen molar-refractivity contribution in [1.82, 2.24) is 14.6 Å². The van der Waals surface area contributed by atoms with Crippen molar-refractivity contribution < 1.29 is 4.79 Å². The number of pyridine rings is 1. The first-order valence-electron chi connectivity index (χ1n) is 4.69. The maximum absolute atomic E-state index is 10.8. The summed E-state index contributed by atoms with van der Waals surface area (Å²) in [6.07, 6.45) is 3.17. The summed E-state index contributed by atoms with van der Waals surface area (Å²) >= 11 is 0. The number of carbonyl (C=O) groups is 1. The predicted molar refractivity (Wildman–Crippen MR) is 50.3 cm³/mol. The third-order valence-electron chi connectivity index (χ3n) is 2.55. The molecule has 0 saturated heterocycles. The molecule has 1 saturated carbocycles. The number of aldehydes is 1. The quantitative estimate of drug-likeness (QED) is 0.668. The molecule has 0 aliphatic heterocycles. The molecular weight excluding hydrogens is 178 g/mol. The summed E-state index contributed by atoms with van der Waals surface area (Å²) in [4.78, 5) is 10.8. The molecule has 0 amide bonds. The van der Waals surface area contributed by atoms with Gasteiger partial charge in [-0.3, -0.25) is 9.20 Å². The normalized spacial score (nSPS) is 16.0. The van der Waals surface area contributed by atoms with Gasteiger partial charge in [-0.05, 0) is 25.0 Å². The maximum Gasteiger partial charge on any atom is 0.166 e. The van der Waals surface area contributed by atoms with Crippen molar-refractivity contribution in [2.45, 2.75) is 18.8 Å². The number of carbonyl (C=O) groups excluding carboxylic acids is 1. The van der Waals surface area contributed by atoms with Crippen LogP contribution in [0.1, 0.15) is 35.1 Å². The number of nitrogens with zero attached hydrogens (tertiary/aromatic N) is 3. The number of hydrogen-bond donors (Lipinski definition) is 0. The molecule has 2 heterocycles. The molecule has 70 valence electrons. The largest absolute Gasteiger partial charge is 0.296 e. The zero-order valence-corrected chi connectivity index (χ0v) is 7.55. The van der Waals surface area contributed by atoms with E-state index in [0.29, 0.717) is 11.6 Å². The molecule has 1 aliphatic carbocycles. The Morgan fingerprint density at radius 1 is 1.36 bits per heavy atom. The van der Waals surface area contributed by atoms with Gasteiger partial charge >= 0.3 is 0 Å². The zero-order chi connectivity index (χ0) is 9.54. The van der Waals surface area contributed by atoms with E-state index >= 15 is 0 Å². The van der Waals surface area contributed by atoms with Crippen LogP contribution in [-0.4, -0.2) is 20.9 Å². The van der Waals surface area contributed by atoms with Gasteiger partial charge in [0.1, 0.15) is 5.82 Å². The molecule has 4 heteroatoms. The van der Waals surface area contributed by atoms with Crippen molar-refractivity contribution in [2.75, 3.05) is 0 Å². The van der Waals surface area contributed by atoms with Crippen molar-refractivity contribution in [3.8, 4) is 0 Å². The molecule has 0 unspecified atom stereocenters. The van der Waals surface area contributed by atoms with Gasteiger partial charge in [-0.1, -0.05) is 6.07 Å². The van der Waals surface area contributed by atoms with Gasteiger partial charge in [0.15, 0.2) is 11.9 Å². The number of aromatic nitrogens is 3. The molecule has 1 aliphatic rings. The molecule has 3 rings (SSSR count). The van der Waals surface area contributed by atoms with Crippen LogP contribution in [0.2, 0.25) is 0 Å². The Balaban J connectivity index is 2.34. The van der Waals surface area contributed by atoms with E-state index in [0.717, 1.165) is 30.6 Å². The van der Waals surface area contributed by atoms with Crippen molar-refractivity contribution in [1.29, 1.82) is 0 Å². The van der Waals surface area contributed by atoms with Gasteiger partial charge in [0, 0.05) is 5.92 Å². The Labute approximate surface area is 80.6 Å². The molecule has 1 fully saturated rings. The van der Waals surface area contributed by atoms with E-state index in [1.165, 1.54) is 0 Å². The molecule has 2 aromatic rings. The van der Waals surface area contributed by atoms with Crippen LogP contribution in [0.15, 0.2) is 18.2 Å². The lowest BCUT2D eigenvalue weighted by Gasteiger charge is -1.99. The summed E-state index contributed by atoms with van der Waals surface area (Å²) in [5.74, 6) is 1.44. The van der Waals surface area contributed by atoms with Crippen LogP contribution < -0.4 is 0 Å². The van der Waals surface area contributed by atoms with E-state index in [4.69, 9.17) is 0 Å². The topological polar surface area (TPSA) is 47.3 Å². The monoisotopic (exact) mass is 187 g/mol. The van der Waals surface area contributed by atoms with Crippen molar-refractivity contribution >= 4 is 11.9 Å². The van der Waals surface area contributed by atoms with Crippen molar-refractivity contribution in [3.05, 3.63) is 29.7 Å². The second-order valence-electron chi connectivity index (χ2n) is 3.59. The Morgan fingerprint density at radius 3 is 2.93 bits per heavy atom. The Bertz CT molecular complexity index is 499. The molecule has 0 radical (unpaired) electrons. The molecule has 0 aromatic carbocycles. The maximum atomic E-state index is 10.8. The van der Waals surface area contributed by atoms with Crippen LogP contribution in [0.4, 0.5) is 0 Å². The van der Waals surface area contributed by atoms with Crippen molar-refractivity contribution in [2.24, 2.45) is 0 Å². The van der Waals surface area contributed by atoms with Gasteiger partial charge in [-0.15, -0.1) is 10.2 Å². The van der Waals surface area contributed by atoms with Gasteiger partial charge in [0.25, 0.3) is 0 Å². The first kappa shape index (κ1) is 7.67. The highest BCUT2D eigenvalue weighted by molar-refractivity contribution is 5.74. The summed E-state index contributed by atoms with van der Waals surface area (Å²) in [6, 6.07) is 5.48. The standard InChI is InChI=1S/C10H9N3O/c14-6-8-2-1-3-9-11-12-10(13(8)9)7-4-5-7/h1-3,6-7H,4-5H2. The SMILES string of the molecule is O=Cc1cccc2nnc(C3CC3)n12. The van der Waals surface area contributed by atoms with Crippen LogP contribution in [-0.2, 0) is 0 Å². The zero-order valence-electron chi connectivity index (χ0n) is 7.55. The van der Waals surface area contributed by atoms with Crippen LogP contribution in [0.25, 0.3) is 5.65 Å². The predicted octanol–water partition coefficient (Wildman–Crippen LogP) is 1.42. The minimum absolute atomic E-state index is 0.506. The lowest BCUT2D eigenvalue weighted by atomic mass is 10.3. The number of fused-ring (bicyclic) bond motifs is 1. The summed E-state index contributed by atoms with van der Waals surface area (Å²) < 4.78 is 1.85. The third-order valence-corrected chi connectivity index (χ3v) is 2.55. The van der Waals surface area contributed by atoms with E-state index in [-0.39, 0.29) is 0 Å². The molecule has 2 aromatic heterocycles. The Hall–Kier alpha value is -1.71. The average molecular weight is 187 g/mol. The Morgan fingerprint density at radius 2 is 2.21 bits per heavy atom. The van der Waals surface area contributed by atoms with Gasteiger partial charge in [-0.2, -0.15) is 0 Å². The summed E-state index contributed by atoms with van der Waals surface area (Å²) in [5, 5.41) is 8.16. The third kappa shape index (κ3) is 0.968. The lowest BCUT2D eigenvalue weighted by molar-refractivity contribution is 0.111. The second kappa shape index (κ2) is 2.64. The van der Waals surface area contributed by atoms with Gasteiger partial charge in [0.05, 0.1) is 5.69 Å². The van der Waals surface area contributed by atoms with E-state index in [9.17, 15) is 4.79 Å². The first-order valence-corrected chi connectivity index (χ1v) is 4.69. The minimum Gasteiger partial charge on any atom is -0.296 e. The highest BCUT2D eigenvalue weighted by atomic mass is 16.1. The van der Waals surface area contributed by atoms with Crippen LogP contribution in [0, 0.1) is 0 Å². The fourth-order valence-corrected chi connectivity index (χ4v) is 1.69. The fourth-order valence-electron chi connectivity index (χ4n) is 1.69. The minimum atomic E-state index is 0.506. The highest BCUT2D eigenvalue weighted by Gasteiger charge is 2.29. The van der Waals surface area contributed by atoms with Gasteiger partial charge in [-0.25, -0.2) is 0 Å². The lowest BCUT2D eigenvalue weighted by Crippen LogP contribution is -1.99. The highest BCUT2D eigenvalue weighted by Crippen LogP contribution is 2.39. The summed E-state index contributed by atoms with van der Waals surface area (Å²) in [7, 11) is 0. The molecule has 0 bridgehead atoms. The molecule has 0 atom stereocenters. The van der Waals surface area contributed by atoms with Gasteiger partial charge in [0.2, 0.25) is 0 Å². The van der Waals surface area contributed by atoms with Crippen molar-refractivity contribution in [3.63, 3.8) is 0 Å². The van der Waals surface area contributed by atoms with E-state index in [1.54, 1.807) is 6.07 Å². The summed E-state index contributed by atoms with van der Waals surface area (Å²) in [6.45, 7) is 0.